The van der Waals surface area contributed by atoms with Crippen LogP contribution in [0.2, 0.25) is 0 Å². The van der Waals surface area contributed by atoms with Crippen LogP contribution in [0.25, 0.3) is 0 Å². The molecule has 0 radical (unpaired) electrons. The number of carbonyl (C=O) groups excluding carboxylic acids is 1. The van der Waals surface area contributed by atoms with Crippen LogP contribution in [0, 0.1) is 6.92 Å². The fourth-order valence-electron chi connectivity index (χ4n) is 1.90. The van der Waals surface area contributed by atoms with E-state index in [-0.39, 0.29) is 12.6 Å². The fraction of sp³-hybridized carbons (Fsp3) is 0.267. The van der Waals surface area contributed by atoms with Crippen molar-refractivity contribution in [3.05, 3.63) is 57.8 Å². The topological polar surface area (TPSA) is 61.4 Å². The van der Waals surface area contributed by atoms with E-state index in [0.717, 1.165) is 16.7 Å². The predicted octanol–water partition coefficient (Wildman–Crippen LogP) is 2.59. The number of rotatable bonds is 5. The molecule has 0 spiro atoms. The Labute approximate surface area is 122 Å². The van der Waals surface area contributed by atoms with Crippen molar-refractivity contribution in [1.82, 2.24) is 10.6 Å². The molecule has 1 aromatic heterocycles. The normalized spacial score (nSPS) is 11.9. The van der Waals surface area contributed by atoms with Gasteiger partial charge in [-0.2, -0.15) is 11.3 Å². The first kappa shape index (κ1) is 14.6. The zero-order valence-electron chi connectivity index (χ0n) is 11.3. The Hall–Kier alpha value is -1.85. The summed E-state index contributed by atoms with van der Waals surface area (Å²) in [6.07, 6.45) is -0.692. The van der Waals surface area contributed by atoms with E-state index >= 15 is 0 Å². The summed E-state index contributed by atoms with van der Waals surface area (Å²) < 4.78 is 0. The molecule has 20 heavy (non-hydrogen) atoms. The van der Waals surface area contributed by atoms with Crippen LogP contribution in [-0.4, -0.2) is 17.7 Å². The minimum Gasteiger partial charge on any atom is -0.387 e. The van der Waals surface area contributed by atoms with E-state index < -0.39 is 6.10 Å². The van der Waals surface area contributed by atoms with E-state index in [1.54, 1.807) is 11.3 Å². The molecule has 0 aliphatic rings. The second kappa shape index (κ2) is 7.07. The summed E-state index contributed by atoms with van der Waals surface area (Å²) in [5.41, 5.74) is 2.93. The molecular formula is C15H18N2O2S. The number of aliphatic hydroxyl groups is 1. The molecular weight excluding hydrogens is 272 g/mol. The Morgan fingerprint density at radius 2 is 2.10 bits per heavy atom. The molecule has 2 aromatic rings. The van der Waals surface area contributed by atoms with E-state index in [0.29, 0.717) is 6.54 Å². The minimum atomic E-state index is -0.692. The van der Waals surface area contributed by atoms with Gasteiger partial charge in [0.25, 0.3) is 0 Å². The highest BCUT2D eigenvalue weighted by atomic mass is 32.1. The van der Waals surface area contributed by atoms with E-state index in [1.165, 1.54) is 0 Å². The number of aryl methyl sites for hydroxylation is 1. The SMILES string of the molecule is Cc1ccccc1[C@H](O)CNC(=O)NCc1ccsc1. The second-order valence-corrected chi connectivity index (χ2v) is 5.35. The molecule has 0 fully saturated rings. The molecule has 0 bridgehead atoms. The van der Waals surface area contributed by atoms with Crippen LogP contribution in [0.5, 0.6) is 0 Å². The molecule has 2 amide bonds. The molecule has 2 rings (SSSR count). The lowest BCUT2D eigenvalue weighted by Crippen LogP contribution is -2.37. The smallest absolute Gasteiger partial charge is 0.315 e. The number of amides is 2. The summed E-state index contributed by atoms with van der Waals surface area (Å²) in [7, 11) is 0. The van der Waals surface area contributed by atoms with Crippen LogP contribution < -0.4 is 10.6 Å². The lowest BCUT2D eigenvalue weighted by molar-refractivity contribution is 0.172. The first-order valence-corrected chi connectivity index (χ1v) is 7.37. The molecule has 1 atom stereocenters. The Kier molecular flexibility index (Phi) is 5.15. The van der Waals surface area contributed by atoms with Gasteiger partial charge in [-0.1, -0.05) is 24.3 Å². The van der Waals surface area contributed by atoms with Crippen molar-refractivity contribution in [3.8, 4) is 0 Å². The quantitative estimate of drug-likeness (QED) is 0.792. The Bertz CT molecular complexity index is 555. The van der Waals surface area contributed by atoms with Crippen molar-refractivity contribution in [2.75, 3.05) is 6.54 Å². The van der Waals surface area contributed by atoms with Crippen LogP contribution in [0.15, 0.2) is 41.1 Å². The third-order valence-corrected chi connectivity index (χ3v) is 3.77. The van der Waals surface area contributed by atoms with Crippen LogP contribution in [0.3, 0.4) is 0 Å². The standard InChI is InChI=1S/C15H18N2O2S/c1-11-4-2-3-5-13(11)14(18)9-17-15(19)16-8-12-6-7-20-10-12/h2-7,10,14,18H,8-9H2,1H3,(H2,16,17,19)/t14-/m1/s1. The summed E-state index contributed by atoms with van der Waals surface area (Å²) in [5.74, 6) is 0. The van der Waals surface area contributed by atoms with E-state index in [4.69, 9.17) is 0 Å². The van der Waals surface area contributed by atoms with Crippen LogP contribution >= 0.6 is 11.3 Å². The van der Waals surface area contributed by atoms with E-state index in [2.05, 4.69) is 10.6 Å². The van der Waals surface area contributed by atoms with Gasteiger partial charge in [0, 0.05) is 13.1 Å². The van der Waals surface area contributed by atoms with Gasteiger partial charge in [0.05, 0.1) is 6.10 Å². The van der Waals surface area contributed by atoms with Crippen LogP contribution in [0.4, 0.5) is 4.79 Å². The maximum Gasteiger partial charge on any atom is 0.315 e. The third-order valence-electron chi connectivity index (χ3n) is 3.04. The first-order chi connectivity index (χ1) is 9.66. The van der Waals surface area contributed by atoms with Gasteiger partial charge in [-0.25, -0.2) is 4.79 Å². The maximum absolute atomic E-state index is 11.6. The molecule has 5 heteroatoms. The number of carbonyl (C=O) groups is 1. The van der Waals surface area contributed by atoms with Gasteiger partial charge >= 0.3 is 6.03 Å². The zero-order valence-corrected chi connectivity index (χ0v) is 12.1. The van der Waals surface area contributed by atoms with Gasteiger partial charge in [0.15, 0.2) is 0 Å². The zero-order chi connectivity index (χ0) is 14.4. The summed E-state index contributed by atoms with van der Waals surface area (Å²) in [5, 5.41) is 19.4. The van der Waals surface area contributed by atoms with Crippen molar-refractivity contribution >= 4 is 17.4 Å². The van der Waals surface area contributed by atoms with Crippen LogP contribution in [0.1, 0.15) is 22.8 Å². The van der Waals surface area contributed by atoms with Gasteiger partial charge in [0.2, 0.25) is 0 Å². The van der Waals surface area contributed by atoms with E-state index in [9.17, 15) is 9.90 Å². The van der Waals surface area contributed by atoms with Crippen LogP contribution in [-0.2, 0) is 6.54 Å². The lowest BCUT2D eigenvalue weighted by Gasteiger charge is -2.14. The molecule has 3 N–H and O–H groups in total. The average molecular weight is 290 g/mol. The highest BCUT2D eigenvalue weighted by Crippen LogP contribution is 2.16. The number of urea groups is 1. The van der Waals surface area contributed by atoms with E-state index in [1.807, 2.05) is 48.0 Å². The average Bonchev–Trinajstić information content (AvgIpc) is 2.96. The Balaban J connectivity index is 1.77. The second-order valence-electron chi connectivity index (χ2n) is 4.57. The minimum absolute atomic E-state index is 0.195. The number of hydrogen-bond donors (Lipinski definition) is 3. The highest BCUT2D eigenvalue weighted by molar-refractivity contribution is 7.07. The van der Waals surface area contributed by atoms with Gasteiger partial charge in [-0.3, -0.25) is 0 Å². The third kappa shape index (κ3) is 4.08. The van der Waals surface area contributed by atoms with Crippen molar-refractivity contribution in [1.29, 1.82) is 0 Å². The number of nitrogens with one attached hydrogen (secondary N) is 2. The van der Waals surface area contributed by atoms with Gasteiger partial charge in [0.1, 0.15) is 0 Å². The predicted molar refractivity (Wildman–Crippen MR) is 80.7 cm³/mol. The summed E-state index contributed by atoms with van der Waals surface area (Å²) in [6, 6.07) is 9.30. The summed E-state index contributed by atoms with van der Waals surface area (Å²) in [6.45, 7) is 2.63. The van der Waals surface area contributed by atoms with Crippen molar-refractivity contribution in [3.63, 3.8) is 0 Å². The van der Waals surface area contributed by atoms with Crippen molar-refractivity contribution in [2.45, 2.75) is 19.6 Å². The first-order valence-electron chi connectivity index (χ1n) is 6.43. The van der Waals surface area contributed by atoms with Gasteiger partial charge in [-0.15, -0.1) is 0 Å². The number of benzene rings is 1. The monoisotopic (exact) mass is 290 g/mol. The fourth-order valence-corrected chi connectivity index (χ4v) is 2.57. The summed E-state index contributed by atoms with van der Waals surface area (Å²) in [4.78, 5) is 11.6. The molecule has 0 aliphatic carbocycles. The Morgan fingerprint density at radius 3 is 2.80 bits per heavy atom. The number of aliphatic hydroxyl groups excluding tert-OH is 1. The molecule has 1 aromatic carbocycles. The largest absolute Gasteiger partial charge is 0.387 e. The summed E-state index contributed by atoms with van der Waals surface area (Å²) >= 11 is 1.60. The molecule has 106 valence electrons. The number of thiophene rings is 1. The maximum atomic E-state index is 11.6. The Morgan fingerprint density at radius 1 is 1.30 bits per heavy atom. The van der Waals surface area contributed by atoms with Crippen molar-refractivity contribution < 1.29 is 9.90 Å². The molecule has 0 unspecified atom stereocenters. The molecule has 1 heterocycles. The lowest BCUT2D eigenvalue weighted by atomic mass is 10.0. The number of hydrogen-bond acceptors (Lipinski definition) is 3. The molecule has 4 nitrogen and oxygen atoms in total. The highest BCUT2D eigenvalue weighted by Gasteiger charge is 2.11. The van der Waals surface area contributed by atoms with Crippen molar-refractivity contribution in [2.24, 2.45) is 0 Å². The molecule has 0 saturated carbocycles. The van der Waals surface area contributed by atoms with Gasteiger partial charge in [-0.05, 0) is 40.4 Å². The molecule has 0 aliphatic heterocycles. The van der Waals surface area contributed by atoms with Gasteiger partial charge < -0.3 is 15.7 Å². The molecule has 0 saturated heterocycles.